The summed E-state index contributed by atoms with van der Waals surface area (Å²) in [7, 11) is 0. The van der Waals surface area contributed by atoms with Crippen LogP contribution in [-0.2, 0) is 4.74 Å². The molecule has 0 aliphatic heterocycles. The van der Waals surface area contributed by atoms with Crippen LogP contribution in [0, 0.1) is 23.7 Å². The lowest BCUT2D eigenvalue weighted by Crippen LogP contribution is -2.31. The van der Waals surface area contributed by atoms with Gasteiger partial charge in [0.15, 0.2) is 0 Å². The fourth-order valence-corrected chi connectivity index (χ4v) is 3.30. The smallest absolute Gasteiger partial charge is 0.0624 e. The predicted octanol–water partition coefficient (Wildman–Crippen LogP) is 4.04. The first kappa shape index (κ1) is 12.2. The molecule has 92 valence electrons. The van der Waals surface area contributed by atoms with Gasteiger partial charge in [-0.1, -0.05) is 32.4 Å². The van der Waals surface area contributed by atoms with Crippen molar-refractivity contribution < 1.29 is 4.74 Å². The average molecular weight is 222 g/mol. The average Bonchev–Trinajstić information content (AvgIpc) is 2.85. The van der Waals surface area contributed by atoms with E-state index < -0.39 is 0 Å². The SMILES string of the molecule is CCC1C2C=CC(C2)C1COC(C)(C)CC. The van der Waals surface area contributed by atoms with E-state index in [1.807, 2.05) is 0 Å². The van der Waals surface area contributed by atoms with E-state index >= 15 is 0 Å². The zero-order chi connectivity index (χ0) is 11.8. The van der Waals surface area contributed by atoms with Gasteiger partial charge in [-0.15, -0.1) is 0 Å². The largest absolute Gasteiger partial charge is 0.375 e. The van der Waals surface area contributed by atoms with Crippen LogP contribution >= 0.6 is 0 Å². The molecule has 0 aromatic heterocycles. The highest BCUT2D eigenvalue weighted by Gasteiger charge is 2.43. The van der Waals surface area contributed by atoms with E-state index in [4.69, 9.17) is 4.74 Å². The lowest BCUT2D eigenvalue weighted by atomic mass is 9.82. The van der Waals surface area contributed by atoms with Crippen LogP contribution in [0.15, 0.2) is 12.2 Å². The Labute approximate surface area is 100 Å². The molecule has 1 nitrogen and oxygen atoms in total. The lowest BCUT2D eigenvalue weighted by Gasteiger charge is -2.31. The van der Waals surface area contributed by atoms with Crippen molar-refractivity contribution >= 4 is 0 Å². The Balaban J connectivity index is 1.92. The van der Waals surface area contributed by atoms with Crippen LogP contribution < -0.4 is 0 Å². The summed E-state index contributed by atoms with van der Waals surface area (Å²) in [6.45, 7) is 9.91. The summed E-state index contributed by atoms with van der Waals surface area (Å²) in [6.07, 6.45) is 8.68. The van der Waals surface area contributed by atoms with E-state index in [9.17, 15) is 0 Å². The Morgan fingerprint density at radius 2 is 1.75 bits per heavy atom. The monoisotopic (exact) mass is 222 g/mol. The second kappa shape index (κ2) is 4.52. The Bertz CT molecular complexity index is 267. The van der Waals surface area contributed by atoms with Crippen molar-refractivity contribution in [2.75, 3.05) is 6.61 Å². The Kier molecular flexibility index (Phi) is 3.44. The summed E-state index contributed by atoms with van der Waals surface area (Å²) >= 11 is 0. The minimum absolute atomic E-state index is 0.0594. The predicted molar refractivity (Wildman–Crippen MR) is 68.3 cm³/mol. The summed E-state index contributed by atoms with van der Waals surface area (Å²) in [5.74, 6) is 3.32. The molecule has 2 bridgehead atoms. The maximum absolute atomic E-state index is 6.11. The molecule has 4 atom stereocenters. The van der Waals surface area contributed by atoms with Crippen molar-refractivity contribution in [3.8, 4) is 0 Å². The number of hydrogen-bond acceptors (Lipinski definition) is 1. The van der Waals surface area contributed by atoms with E-state index in [-0.39, 0.29) is 5.60 Å². The van der Waals surface area contributed by atoms with Crippen LogP contribution in [0.5, 0.6) is 0 Å². The van der Waals surface area contributed by atoms with Gasteiger partial charge in [0.1, 0.15) is 0 Å². The molecule has 16 heavy (non-hydrogen) atoms. The topological polar surface area (TPSA) is 9.23 Å². The second-order valence-electron chi connectivity index (χ2n) is 6.11. The molecular formula is C15H26O. The van der Waals surface area contributed by atoms with Crippen molar-refractivity contribution in [2.24, 2.45) is 23.7 Å². The van der Waals surface area contributed by atoms with Crippen LogP contribution in [0.2, 0.25) is 0 Å². The van der Waals surface area contributed by atoms with Gasteiger partial charge in [-0.3, -0.25) is 0 Å². The van der Waals surface area contributed by atoms with Crippen molar-refractivity contribution in [2.45, 2.75) is 52.6 Å². The number of allylic oxidation sites excluding steroid dienone is 2. The number of fused-ring (bicyclic) bond motifs is 2. The van der Waals surface area contributed by atoms with Crippen molar-refractivity contribution in [3.63, 3.8) is 0 Å². The van der Waals surface area contributed by atoms with Gasteiger partial charge in [-0.2, -0.15) is 0 Å². The van der Waals surface area contributed by atoms with Crippen molar-refractivity contribution in [1.82, 2.24) is 0 Å². The van der Waals surface area contributed by atoms with Crippen molar-refractivity contribution in [3.05, 3.63) is 12.2 Å². The zero-order valence-corrected chi connectivity index (χ0v) is 11.2. The van der Waals surface area contributed by atoms with E-state index in [1.54, 1.807) is 0 Å². The zero-order valence-electron chi connectivity index (χ0n) is 11.2. The van der Waals surface area contributed by atoms with Gasteiger partial charge in [0.2, 0.25) is 0 Å². The Hall–Kier alpha value is -0.300. The van der Waals surface area contributed by atoms with Crippen LogP contribution in [0.4, 0.5) is 0 Å². The summed E-state index contributed by atoms with van der Waals surface area (Å²) < 4.78 is 6.11. The highest BCUT2D eigenvalue weighted by atomic mass is 16.5. The molecule has 1 saturated carbocycles. The van der Waals surface area contributed by atoms with Gasteiger partial charge >= 0.3 is 0 Å². The molecule has 1 heteroatoms. The molecule has 0 aromatic rings. The highest BCUT2D eigenvalue weighted by molar-refractivity contribution is 5.13. The van der Waals surface area contributed by atoms with Crippen molar-refractivity contribution in [1.29, 1.82) is 0 Å². The second-order valence-corrected chi connectivity index (χ2v) is 6.11. The van der Waals surface area contributed by atoms with E-state index in [0.29, 0.717) is 0 Å². The summed E-state index contributed by atoms with van der Waals surface area (Å²) in [5.41, 5.74) is 0.0594. The van der Waals surface area contributed by atoms with Gasteiger partial charge in [0.05, 0.1) is 12.2 Å². The Morgan fingerprint density at radius 1 is 1.12 bits per heavy atom. The van der Waals surface area contributed by atoms with Gasteiger partial charge in [-0.25, -0.2) is 0 Å². The number of rotatable bonds is 5. The molecule has 0 saturated heterocycles. The third kappa shape index (κ3) is 2.20. The van der Waals surface area contributed by atoms with E-state index in [1.165, 1.54) is 12.8 Å². The van der Waals surface area contributed by atoms with Gasteiger partial charge < -0.3 is 4.74 Å². The lowest BCUT2D eigenvalue weighted by molar-refractivity contribution is -0.0492. The first-order chi connectivity index (χ1) is 7.57. The van der Waals surface area contributed by atoms with E-state index in [0.717, 1.165) is 36.7 Å². The fourth-order valence-electron chi connectivity index (χ4n) is 3.30. The maximum atomic E-state index is 6.11. The minimum atomic E-state index is 0.0594. The van der Waals surface area contributed by atoms with Gasteiger partial charge in [0, 0.05) is 0 Å². The third-order valence-electron chi connectivity index (χ3n) is 4.79. The van der Waals surface area contributed by atoms with Gasteiger partial charge in [-0.05, 0) is 50.4 Å². The molecule has 0 radical (unpaired) electrons. The molecule has 0 amide bonds. The summed E-state index contributed by atoms with van der Waals surface area (Å²) in [4.78, 5) is 0. The summed E-state index contributed by atoms with van der Waals surface area (Å²) in [6, 6.07) is 0. The molecular weight excluding hydrogens is 196 g/mol. The molecule has 0 N–H and O–H groups in total. The molecule has 0 aromatic carbocycles. The standard InChI is InChI=1S/C15H26O/c1-5-13-11-7-8-12(9-11)14(13)10-16-15(3,4)6-2/h7-8,11-14H,5-6,9-10H2,1-4H3. The normalized spacial score (nSPS) is 37.2. The highest BCUT2D eigenvalue weighted by Crippen LogP contribution is 2.49. The molecule has 1 fully saturated rings. The Morgan fingerprint density at radius 3 is 2.31 bits per heavy atom. The number of hydrogen-bond donors (Lipinski definition) is 0. The molecule has 2 aliphatic carbocycles. The van der Waals surface area contributed by atoms with E-state index in [2.05, 4.69) is 39.8 Å². The fraction of sp³-hybridized carbons (Fsp3) is 0.867. The van der Waals surface area contributed by atoms with Crippen LogP contribution in [-0.4, -0.2) is 12.2 Å². The first-order valence-corrected chi connectivity index (χ1v) is 6.89. The quantitative estimate of drug-likeness (QED) is 0.638. The van der Waals surface area contributed by atoms with Crippen LogP contribution in [0.25, 0.3) is 0 Å². The molecule has 2 rings (SSSR count). The van der Waals surface area contributed by atoms with Crippen LogP contribution in [0.1, 0.15) is 47.0 Å². The molecule has 2 aliphatic rings. The first-order valence-electron chi connectivity index (χ1n) is 6.89. The molecule has 4 unspecified atom stereocenters. The summed E-state index contributed by atoms with van der Waals surface area (Å²) in [5, 5.41) is 0. The molecule has 0 heterocycles. The minimum Gasteiger partial charge on any atom is -0.375 e. The van der Waals surface area contributed by atoms with Crippen LogP contribution in [0.3, 0.4) is 0 Å². The molecule has 0 spiro atoms. The third-order valence-corrected chi connectivity index (χ3v) is 4.79. The number of ether oxygens (including phenoxy) is 1. The van der Waals surface area contributed by atoms with Gasteiger partial charge in [0.25, 0.3) is 0 Å². The maximum Gasteiger partial charge on any atom is 0.0624 e.